The molecule has 0 radical (unpaired) electrons. The van der Waals surface area contributed by atoms with Gasteiger partial charge in [0.25, 0.3) is 0 Å². The second kappa shape index (κ2) is 7.82. The van der Waals surface area contributed by atoms with Gasteiger partial charge in [0.2, 0.25) is 5.91 Å². The topological polar surface area (TPSA) is 46.6 Å². The van der Waals surface area contributed by atoms with Crippen molar-refractivity contribution in [1.29, 1.82) is 0 Å². The number of hydrogen-bond acceptors (Lipinski definition) is 3. The van der Waals surface area contributed by atoms with E-state index < -0.39 is 6.09 Å². The molecule has 3 rings (SSSR count). The number of fused-ring (bicyclic) bond motifs is 1. The molecular weight excluding hydrogens is 302 g/mol. The van der Waals surface area contributed by atoms with Crippen LogP contribution in [0.4, 0.5) is 4.79 Å². The van der Waals surface area contributed by atoms with E-state index >= 15 is 0 Å². The van der Waals surface area contributed by atoms with E-state index in [1.54, 1.807) is 0 Å². The Morgan fingerprint density at radius 1 is 1.25 bits per heavy atom. The molecule has 0 spiro atoms. The van der Waals surface area contributed by atoms with Gasteiger partial charge in [-0.05, 0) is 37.2 Å². The maximum absolute atomic E-state index is 12.9. The molecule has 1 aliphatic carbocycles. The smallest absolute Gasteiger partial charge is 0.417 e. The van der Waals surface area contributed by atoms with Crippen LogP contribution in [0.5, 0.6) is 0 Å². The number of hydrogen-bond donors (Lipinski definition) is 0. The van der Waals surface area contributed by atoms with Gasteiger partial charge in [-0.3, -0.25) is 4.79 Å². The zero-order chi connectivity index (χ0) is 16.9. The summed E-state index contributed by atoms with van der Waals surface area (Å²) in [5, 5.41) is 0. The molecule has 2 amide bonds. The van der Waals surface area contributed by atoms with E-state index in [2.05, 4.69) is 19.1 Å². The van der Waals surface area contributed by atoms with Crippen LogP contribution in [0, 0.1) is 0 Å². The van der Waals surface area contributed by atoms with Gasteiger partial charge in [0.05, 0.1) is 6.04 Å². The van der Waals surface area contributed by atoms with E-state index in [1.807, 2.05) is 18.2 Å². The highest BCUT2D eigenvalue weighted by Crippen LogP contribution is 2.34. The average molecular weight is 329 g/mol. The van der Waals surface area contributed by atoms with Gasteiger partial charge in [-0.25, -0.2) is 9.69 Å². The number of amides is 2. The maximum Gasteiger partial charge on any atom is 0.417 e. The Labute approximate surface area is 144 Å². The van der Waals surface area contributed by atoms with Gasteiger partial charge in [-0.2, -0.15) is 0 Å². The first-order valence-corrected chi connectivity index (χ1v) is 9.28. The van der Waals surface area contributed by atoms with Gasteiger partial charge >= 0.3 is 6.09 Å². The van der Waals surface area contributed by atoms with Crippen molar-refractivity contribution in [2.45, 2.75) is 76.4 Å². The molecule has 1 aromatic carbocycles. The van der Waals surface area contributed by atoms with Crippen molar-refractivity contribution in [3.8, 4) is 0 Å². The first kappa shape index (κ1) is 17.0. The first-order chi connectivity index (χ1) is 11.7. The molecule has 2 aliphatic rings. The van der Waals surface area contributed by atoms with Gasteiger partial charge in [-0.1, -0.05) is 56.5 Å². The van der Waals surface area contributed by atoms with Crippen LogP contribution in [-0.4, -0.2) is 29.0 Å². The summed E-state index contributed by atoms with van der Waals surface area (Å²) in [6.07, 6.45) is 6.97. The van der Waals surface area contributed by atoms with Crippen molar-refractivity contribution in [2.24, 2.45) is 0 Å². The van der Waals surface area contributed by atoms with Crippen molar-refractivity contribution in [1.82, 2.24) is 4.90 Å². The number of rotatable bonds is 6. The van der Waals surface area contributed by atoms with Gasteiger partial charge in [0, 0.05) is 6.42 Å². The molecule has 4 heteroatoms. The second-order valence-corrected chi connectivity index (χ2v) is 6.99. The molecule has 1 aromatic rings. The fourth-order valence-electron chi connectivity index (χ4n) is 3.99. The molecule has 1 heterocycles. The minimum Gasteiger partial charge on any atom is -0.444 e. The molecule has 0 unspecified atom stereocenters. The molecule has 1 aliphatic heterocycles. The predicted molar refractivity (Wildman–Crippen MR) is 92.7 cm³/mol. The molecule has 4 nitrogen and oxygen atoms in total. The molecule has 1 saturated carbocycles. The number of benzene rings is 1. The molecular formula is C20H27NO3. The largest absolute Gasteiger partial charge is 0.444 e. The SMILES string of the molecule is CCCC[C@@H](CC(=O)N1C(=O)O[C@@H]2CCCC[C@H]21)c1ccccc1. The Balaban J connectivity index is 1.71. The van der Waals surface area contributed by atoms with Gasteiger partial charge < -0.3 is 4.74 Å². The van der Waals surface area contributed by atoms with Crippen LogP contribution in [0.2, 0.25) is 0 Å². The number of carbonyl (C=O) groups is 2. The van der Waals surface area contributed by atoms with E-state index in [0.29, 0.717) is 6.42 Å². The molecule has 0 bridgehead atoms. The lowest BCUT2D eigenvalue weighted by Gasteiger charge is -2.28. The summed E-state index contributed by atoms with van der Waals surface area (Å²) < 4.78 is 5.43. The summed E-state index contributed by atoms with van der Waals surface area (Å²) in [5.41, 5.74) is 1.19. The number of unbranched alkanes of at least 4 members (excludes halogenated alkanes) is 1. The Kier molecular flexibility index (Phi) is 5.54. The average Bonchev–Trinajstić information content (AvgIpc) is 2.95. The molecule has 1 saturated heterocycles. The van der Waals surface area contributed by atoms with E-state index in [9.17, 15) is 9.59 Å². The van der Waals surface area contributed by atoms with Gasteiger partial charge in [-0.15, -0.1) is 0 Å². The van der Waals surface area contributed by atoms with Crippen LogP contribution in [0.25, 0.3) is 0 Å². The van der Waals surface area contributed by atoms with E-state index in [4.69, 9.17) is 4.74 Å². The third-order valence-corrected chi connectivity index (χ3v) is 5.32. The lowest BCUT2D eigenvalue weighted by molar-refractivity contribution is -0.130. The maximum atomic E-state index is 12.9. The first-order valence-electron chi connectivity index (χ1n) is 9.28. The van der Waals surface area contributed by atoms with Crippen molar-refractivity contribution in [2.75, 3.05) is 0 Å². The third kappa shape index (κ3) is 3.63. The molecule has 130 valence electrons. The molecule has 24 heavy (non-hydrogen) atoms. The third-order valence-electron chi connectivity index (χ3n) is 5.32. The lowest BCUT2D eigenvalue weighted by atomic mass is 9.89. The normalized spacial score (nSPS) is 24.4. The number of nitrogens with zero attached hydrogens (tertiary/aromatic N) is 1. The minimum absolute atomic E-state index is 0.0404. The lowest BCUT2D eigenvalue weighted by Crippen LogP contribution is -2.42. The van der Waals surface area contributed by atoms with Crippen molar-refractivity contribution < 1.29 is 14.3 Å². The Morgan fingerprint density at radius 3 is 2.75 bits per heavy atom. The predicted octanol–water partition coefficient (Wildman–Crippen LogP) is 4.64. The summed E-state index contributed by atoms with van der Waals surface area (Å²) >= 11 is 0. The standard InChI is InChI=1S/C20H27NO3/c1-2-3-9-16(15-10-5-4-6-11-15)14-19(22)21-17-12-7-8-13-18(17)24-20(21)23/h4-6,10-11,16-18H,2-3,7-9,12-14H2,1H3/t16-,17+,18+/m0/s1. The van der Waals surface area contributed by atoms with E-state index in [0.717, 1.165) is 44.9 Å². The number of ether oxygens (including phenoxy) is 1. The summed E-state index contributed by atoms with van der Waals surface area (Å²) in [6, 6.07) is 10.1. The van der Waals surface area contributed by atoms with E-state index in [-0.39, 0.29) is 24.0 Å². The molecule has 2 fully saturated rings. The van der Waals surface area contributed by atoms with Crippen molar-refractivity contribution in [3.63, 3.8) is 0 Å². The monoisotopic (exact) mass is 329 g/mol. The summed E-state index contributed by atoms with van der Waals surface area (Å²) in [6.45, 7) is 2.16. The van der Waals surface area contributed by atoms with Crippen LogP contribution in [-0.2, 0) is 9.53 Å². The molecule has 3 atom stereocenters. The summed E-state index contributed by atoms with van der Waals surface area (Å²) in [5.74, 6) is 0.105. The fourth-order valence-corrected chi connectivity index (χ4v) is 3.99. The summed E-state index contributed by atoms with van der Waals surface area (Å²) in [4.78, 5) is 26.5. The van der Waals surface area contributed by atoms with E-state index in [1.165, 1.54) is 10.5 Å². The van der Waals surface area contributed by atoms with Crippen molar-refractivity contribution >= 4 is 12.0 Å². The fraction of sp³-hybridized carbons (Fsp3) is 0.600. The second-order valence-electron chi connectivity index (χ2n) is 6.99. The highest BCUT2D eigenvalue weighted by Gasteiger charge is 2.46. The summed E-state index contributed by atoms with van der Waals surface area (Å²) in [7, 11) is 0. The van der Waals surface area contributed by atoms with Crippen LogP contribution >= 0.6 is 0 Å². The minimum atomic E-state index is -0.431. The van der Waals surface area contributed by atoms with Crippen LogP contribution in [0.1, 0.15) is 69.8 Å². The number of carbonyl (C=O) groups excluding carboxylic acids is 2. The zero-order valence-electron chi connectivity index (χ0n) is 14.4. The van der Waals surface area contributed by atoms with Crippen LogP contribution in [0.3, 0.4) is 0 Å². The Morgan fingerprint density at radius 2 is 2.00 bits per heavy atom. The van der Waals surface area contributed by atoms with Gasteiger partial charge in [0.1, 0.15) is 6.10 Å². The van der Waals surface area contributed by atoms with Crippen LogP contribution in [0.15, 0.2) is 30.3 Å². The Hall–Kier alpha value is -1.84. The highest BCUT2D eigenvalue weighted by atomic mass is 16.6. The number of imide groups is 1. The molecule has 0 aromatic heterocycles. The van der Waals surface area contributed by atoms with Crippen LogP contribution < -0.4 is 0 Å². The Bertz CT molecular complexity index is 572. The van der Waals surface area contributed by atoms with Gasteiger partial charge in [0.15, 0.2) is 0 Å². The van der Waals surface area contributed by atoms with Crippen molar-refractivity contribution in [3.05, 3.63) is 35.9 Å². The quantitative estimate of drug-likeness (QED) is 0.764. The highest BCUT2D eigenvalue weighted by molar-refractivity contribution is 5.94. The molecule has 0 N–H and O–H groups in total. The zero-order valence-corrected chi connectivity index (χ0v) is 14.4.